The molecule has 2 unspecified atom stereocenters. The second kappa shape index (κ2) is 7.06. The van der Waals surface area contributed by atoms with Crippen molar-refractivity contribution >= 4 is 34.4 Å². The Balaban J connectivity index is 1.94. The zero-order chi connectivity index (χ0) is 18.8. The Bertz CT molecular complexity index is 908. The van der Waals surface area contributed by atoms with Gasteiger partial charge in [0, 0.05) is 23.6 Å². The van der Waals surface area contributed by atoms with E-state index in [-0.39, 0.29) is 41.2 Å². The first kappa shape index (κ1) is 17.8. The molecule has 0 aliphatic carbocycles. The number of imide groups is 2. The van der Waals surface area contributed by atoms with Gasteiger partial charge in [0.1, 0.15) is 6.04 Å². The fraction of sp³-hybridized carbons (Fsp3) is 0.333. The molecule has 0 saturated carbocycles. The molecule has 1 aromatic carbocycles. The van der Waals surface area contributed by atoms with Crippen LogP contribution >= 0.6 is 0 Å². The summed E-state index contributed by atoms with van der Waals surface area (Å²) in [6.07, 6.45) is 0.0696. The topological polar surface area (TPSA) is 149 Å². The molecule has 11 heteroatoms. The molecule has 2 atom stereocenters. The monoisotopic (exact) mass is 375 g/mol. The van der Waals surface area contributed by atoms with Gasteiger partial charge < -0.3 is 0 Å². The number of rotatable bonds is 5. The van der Waals surface area contributed by atoms with E-state index in [2.05, 4.69) is 15.3 Å². The second-order valence-electron chi connectivity index (χ2n) is 5.63. The van der Waals surface area contributed by atoms with Crippen LogP contribution in [0.25, 0.3) is 10.4 Å². The maximum atomic E-state index is 12.8. The van der Waals surface area contributed by atoms with Gasteiger partial charge in [-0.2, -0.15) is 0 Å². The van der Waals surface area contributed by atoms with Crippen LogP contribution in [-0.4, -0.2) is 51.1 Å². The highest BCUT2D eigenvalue weighted by atomic mass is 32.2. The van der Waals surface area contributed by atoms with Gasteiger partial charge in [-0.25, -0.2) is 0 Å². The van der Waals surface area contributed by atoms with Gasteiger partial charge in [-0.1, -0.05) is 11.2 Å². The van der Waals surface area contributed by atoms with Crippen LogP contribution in [-0.2, 0) is 20.4 Å². The fourth-order valence-electron chi connectivity index (χ4n) is 2.95. The van der Waals surface area contributed by atoms with Gasteiger partial charge >= 0.3 is 0 Å². The fourth-order valence-corrected chi connectivity index (χ4v) is 4.07. The van der Waals surface area contributed by atoms with Gasteiger partial charge in [-0.15, -0.1) is 0 Å². The van der Waals surface area contributed by atoms with E-state index in [1.54, 1.807) is 0 Å². The van der Waals surface area contributed by atoms with Gasteiger partial charge in [0.25, 0.3) is 11.8 Å². The first-order valence-corrected chi connectivity index (χ1v) is 9.01. The van der Waals surface area contributed by atoms with Crippen molar-refractivity contribution < 1.29 is 23.4 Å². The van der Waals surface area contributed by atoms with Crippen LogP contribution in [0, 0.1) is 0 Å². The molecule has 1 N–H and O–H groups in total. The zero-order valence-electron chi connectivity index (χ0n) is 13.4. The largest absolute Gasteiger partial charge is 0.295 e. The maximum absolute atomic E-state index is 12.8. The number of nitrogens with one attached hydrogen (secondary N) is 1. The average Bonchev–Trinajstić information content (AvgIpc) is 2.87. The van der Waals surface area contributed by atoms with Crippen molar-refractivity contribution in [2.24, 2.45) is 5.11 Å². The Hall–Kier alpha value is -3.04. The molecule has 1 fully saturated rings. The van der Waals surface area contributed by atoms with Crippen LogP contribution in [0.5, 0.6) is 0 Å². The van der Waals surface area contributed by atoms with Gasteiger partial charge in [-0.05, 0) is 24.1 Å². The Kier molecular flexibility index (Phi) is 4.83. The molecule has 4 amide bonds. The minimum atomic E-state index is -1.66. The van der Waals surface area contributed by atoms with Crippen LogP contribution in [0.3, 0.4) is 0 Å². The molecule has 0 bridgehead atoms. The molecule has 26 heavy (non-hydrogen) atoms. The van der Waals surface area contributed by atoms with Crippen LogP contribution < -0.4 is 5.32 Å². The predicted molar refractivity (Wildman–Crippen MR) is 88.4 cm³/mol. The summed E-state index contributed by atoms with van der Waals surface area (Å²) in [5, 5.41) is 5.43. The summed E-state index contributed by atoms with van der Waals surface area (Å²) in [6.45, 7) is -0.0221. The SMILES string of the molecule is [N-]=[N+]=NCCS(=O)c1cccc2c1C(=O)N(C1CCC(=O)NC1=O)C2=O. The molecule has 134 valence electrons. The number of hydrogen-bond donors (Lipinski definition) is 1. The van der Waals surface area contributed by atoms with E-state index in [0.29, 0.717) is 0 Å². The molecule has 3 rings (SSSR count). The molecule has 0 aromatic heterocycles. The highest BCUT2D eigenvalue weighted by Gasteiger charge is 2.45. The minimum absolute atomic E-state index is 0.000397. The molecule has 2 aliphatic heterocycles. The van der Waals surface area contributed by atoms with Crippen molar-refractivity contribution in [3.63, 3.8) is 0 Å². The standard InChI is InChI=1S/C15H13N5O5S/c16-19-17-6-7-26(25)10-3-1-2-8-12(10)15(24)20(14(8)23)9-4-5-11(21)18-13(9)22/h1-3,9H,4-7H2,(H,18,21,22). The third kappa shape index (κ3) is 2.98. The van der Waals surface area contributed by atoms with Gasteiger partial charge in [-0.3, -0.25) is 33.6 Å². The summed E-state index contributed by atoms with van der Waals surface area (Å²) in [7, 11) is -1.66. The number of piperidine rings is 1. The number of amides is 4. The van der Waals surface area contributed by atoms with E-state index in [9.17, 15) is 23.4 Å². The molecule has 10 nitrogen and oxygen atoms in total. The third-order valence-corrected chi connectivity index (χ3v) is 5.50. The normalized spacial score (nSPS) is 20.5. The quantitative estimate of drug-likeness (QED) is 0.344. The van der Waals surface area contributed by atoms with Crippen molar-refractivity contribution in [3.05, 3.63) is 39.8 Å². The Morgan fingerprint density at radius 1 is 1.27 bits per heavy atom. The number of nitrogens with zero attached hydrogens (tertiary/aromatic N) is 4. The van der Waals surface area contributed by atoms with Crippen molar-refractivity contribution in [3.8, 4) is 0 Å². The van der Waals surface area contributed by atoms with E-state index >= 15 is 0 Å². The lowest BCUT2D eigenvalue weighted by Gasteiger charge is -2.27. The molecule has 2 aliphatic rings. The Morgan fingerprint density at radius 2 is 2.04 bits per heavy atom. The molecule has 2 heterocycles. The lowest BCUT2D eigenvalue weighted by molar-refractivity contribution is -0.136. The number of fused-ring (bicyclic) bond motifs is 1. The van der Waals surface area contributed by atoms with Crippen LogP contribution in [0.2, 0.25) is 0 Å². The highest BCUT2D eigenvalue weighted by Crippen LogP contribution is 2.31. The molecular weight excluding hydrogens is 362 g/mol. The third-order valence-electron chi connectivity index (χ3n) is 4.12. The molecule has 0 spiro atoms. The van der Waals surface area contributed by atoms with E-state index in [0.717, 1.165) is 4.90 Å². The van der Waals surface area contributed by atoms with Crippen LogP contribution in [0.4, 0.5) is 0 Å². The Labute approximate surface area is 149 Å². The second-order valence-corrected chi connectivity index (χ2v) is 7.17. The summed E-state index contributed by atoms with van der Waals surface area (Å²) >= 11 is 0. The molecule has 0 radical (unpaired) electrons. The number of azide groups is 1. The van der Waals surface area contributed by atoms with Crippen molar-refractivity contribution in [1.29, 1.82) is 0 Å². The molecule has 1 aromatic rings. The van der Waals surface area contributed by atoms with E-state index in [1.165, 1.54) is 18.2 Å². The van der Waals surface area contributed by atoms with Crippen LogP contribution in [0.1, 0.15) is 33.6 Å². The predicted octanol–water partition coefficient (Wildman–Crippen LogP) is 0.506. The summed E-state index contributed by atoms with van der Waals surface area (Å²) in [5.41, 5.74) is 8.35. The zero-order valence-corrected chi connectivity index (χ0v) is 14.2. The summed E-state index contributed by atoms with van der Waals surface area (Å²) < 4.78 is 12.4. The van der Waals surface area contributed by atoms with Crippen molar-refractivity contribution in [2.75, 3.05) is 12.3 Å². The smallest absolute Gasteiger partial charge is 0.263 e. The lowest BCUT2D eigenvalue weighted by atomic mass is 10.0. The van der Waals surface area contributed by atoms with E-state index in [4.69, 9.17) is 5.53 Å². The van der Waals surface area contributed by atoms with Gasteiger partial charge in [0.05, 0.1) is 26.8 Å². The summed E-state index contributed by atoms with van der Waals surface area (Å²) in [5.74, 6) is -2.54. The number of carbonyl (C=O) groups excluding carboxylic acids is 4. The average molecular weight is 375 g/mol. The number of benzene rings is 1. The van der Waals surface area contributed by atoms with Crippen molar-refractivity contribution in [1.82, 2.24) is 10.2 Å². The van der Waals surface area contributed by atoms with E-state index < -0.39 is 40.5 Å². The maximum Gasteiger partial charge on any atom is 0.263 e. The van der Waals surface area contributed by atoms with Crippen molar-refractivity contribution in [2.45, 2.75) is 23.8 Å². The first-order valence-electron chi connectivity index (χ1n) is 7.69. The molecular formula is C15H13N5O5S. The first-order chi connectivity index (χ1) is 12.5. The Morgan fingerprint density at radius 3 is 2.73 bits per heavy atom. The number of carbonyl (C=O) groups is 4. The lowest BCUT2D eigenvalue weighted by Crippen LogP contribution is -2.54. The highest BCUT2D eigenvalue weighted by molar-refractivity contribution is 7.85. The van der Waals surface area contributed by atoms with Gasteiger partial charge in [0.15, 0.2) is 0 Å². The summed E-state index contributed by atoms with van der Waals surface area (Å²) in [4.78, 5) is 52.3. The number of hydrogen-bond acceptors (Lipinski definition) is 6. The van der Waals surface area contributed by atoms with Crippen LogP contribution in [0.15, 0.2) is 28.2 Å². The van der Waals surface area contributed by atoms with E-state index in [1.807, 2.05) is 0 Å². The molecule has 1 saturated heterocycles. The summed E-state index contributed by atoms with van der Waals surface area (Å²) in [6, 6.07) is 3.31. The minimum Gasteiger partial charge on any atom is -0.295 e. The van der Waals surface area contributed by atoms with Gasteiger partial charge in [0.2, 0.25) is 11.8 Å².